The number of halogens is 1. The predicted octanol–water partition coefficient (Wildman–Crippen LogP) is 1.57. The van der Waals surface area contributed by atoms with Crippen LogP contribution in [-0.2, 0) is 9.53 Å². The average molecular weight is 210 g/mol. The molecule has 0 atom stereocenters. The lowest BCUT2D eigenvalue weighted by atomic mass is 10.2. The first-order valence-electron chi connectivity index (χ1n) is 3.85. The highest BCUT2D eigenvalue weighted by atomic mass is 35.5. The molecule has 1 aromatic heterocycles. The zero-order valence-corrected chi connectivity index (χ0v) is 8.55. The van der Waals surface area contributed by atoms with E-state index in [4.69, 9.17) is 11.6 Å². The Kier molecular flexibility index (Phi) is 3.49. The van der Waals surface area contributed by atoms with Gasteiger partial charge in [-0.25, -0.2) is 9.78 Å². The minimum absolute atomic E-state index is 0.528. The highest BCUT2D eigenvalue weighted by molar-refractivity contribution is 6.30. The maximum Gasteiger partial charge on any atom is 0.384 e. The number of aromatic nitrogens is 1. The fourth-order valence-electron chi connectivity index (χ4n) is 0.833. The molecule has 72 valence electrons. The maximum absolute atomic E-state index is 10.7. The largest absolute Gasteiger partial charge is 0.459 e. The van der Waals surface area contributed by atoms with Crippen LogP contribution in [0, 0.1) is 18.8 Å². The van der Waals surface area contributed by atoms with Crippen LogP contribution in [0.3, 0.4) is 0 Å². The third-order valence-corrected chi connectivity index (χ3v) is 1.72. The van der Waals surface area contributed by atoms with Crippen molar-refractivity contribution in [2.24, 2.45) is 0 Å². The van der Waals surface area contributed by atoms with Gasteiger partial charge in [0.1, 0.15) is 5.69 Å². The van der Waals surface area contributed by atoms with Crippen molar-refractivity contribution in [3.05, 3.63) is 28.5 Å². The third-order valence-electron chi connectivity index (χ3n) is 1.51. The molecule has 0 aliphatic heterocycles. The van der Waals surface area contributed by atoms with E-state index >= 15 is 0 Å². The summed E-state index contributed by atoms with van der Waals surface area (Å²) in [7, 11) is 1.28. The molecule has 0 fully saturated rings. The summed E-state index contributed by atoms with van der Waals surface area (Å²) in [5.41, 5.74) is 1.36. The molecule has 0 bridgehead atoms. The lowest BCUT2D eigenvalue weighted by molar-refractivity contribution is -0.133. The molecule has 0 radical (unpaired) electrons. The zero-order chi connectivity index (χ0) is 10.6. The molecule has 0 aliphatic rings. The van der Waals surface area contributed by atoms with Crippen LogP contribution in [0.4, 0.5) is 0 Å². The number of aryl methyl sites for hydroxylation is 1. The van der Waals surface area contributed by atoms with Crippen LogP contribution in [0.15, 0.2) is 12.3 Å². The molecular weight excluding hydrogens is 202 g/mol. The Morgan fingerprint density at radius 3 is 2.93 bits per heavy atom. The van der Waals surface area contributed by atoms with Crippen molar-refractivity contribution in [2.75, 3.05) is 7.11 Å². The number of rotatable bonds is 0. The van der Waals surface area contributed by atoms with Crippen LogP contribution in [0.2, 0.25) is 5.02 Å². The fraction of sp³-hybridized carbons (Fsp3) is 0.200. The van der Waals surface area contributed by atoms with Gasteiger partial charge in [0.2, 0.25) is 0 Å². The Bertz CT molecular complexity index is 418. The second kappa shape index (κ2) is 4.64. The molecule has 3 nitrogen and oxygen atoms in total. The van der Waals surface area contributed by atoms with Gasteiger partial charge in [-0.2, -0.15) is 0 Å². The topological polar surface area (TPSA) is 39.2 Å². The quantitative estimate of drug-likeness (QED) is 0.481. The van der Waals surface area contributed by atoms with Gasteiger partial charge < -0.3 is 4.74 Å². The van der Waals surface area contributed by atoms with E-state index in [1.807, 2.05) is 6.92 Å². The van der Waals surface area contributed by atoms with Crippen molar-refractivity contribution in [2.45, 2.75) is 6.92 Å². The second-order valence-corrected chi connectivity index (χ2v) is 3.00. The lowest BCUT2D eigenvalue weighted by Crippen LogP contribution is -1.95. The van der Waals surface area contributed by atoms with Gasteiger partial charge in [-0.1, -0.05) is 11.6 Å². The molecule has 1 heterocycles. The van der Waals surface area contributed by atoms with Gasteiger partial charge in [0.05, 0.1) is 12.1 Å². The lowest BCUT2D eigenvalue weighted by Gasteiger charge is -1.96. The molecule has 0 saturated heterocycles. The van der Waals surface area contributed by atoms with E-state index < -0.39 is 5.97 Å². The predicted molar refractivity (Wildman–Crippen MR) is 52.9 cm³/mol. The Morgan fingerprint density at radius 1 is 1.64 bits per heavy atom. The number of ether oxygens (including phenoxy) is 1. The molecule has 1 aromatic rings. The van der Waals surface area contributed by atoms with Crippen molar-refractivity contribution in [3.8, 4) is 11.8 Å². The van der Waals surface area contributed by atoms with E-state index in [0.29, 0.717) is 10.7 Å². The van der Waals surface area contributed by atoms with E-state index in [-0.39, 0.29) is 0 Å². The number of esters is 1. The molecule has 4 heteroatoms. The zero-order valence-electron chi connectivity index (χ0n) is 7.80. The Hall–Kier alpha value is -1.53. The number of carbonyl (C=O) groups is 1. The van der Waals surface area contributed by atoms with E-state index in [1.54, 1.807) is 6.07 Å². The van der Waals surface area contributed by atoms with Crippen molar-refractivity contribution >= 4 is 17.6 Å². The Morgan fingerprint density at radius 2 is 2.36 bits per heavy atom. The summed E-state index contributed by atoms with van der Waals surface area (Å²) in [6.07, 6.45) is 1.48. The summed E-state index contributed by atoms with van der Waals surface area (Å²) in [4.78, 5) is 14.7. The number of carbonyl (C=O) groups excluding carboxylic acids is 1. The highest BCUT2D eigenvalue weighted by Gasteiger charge is 1.97. The summed E-state index contributed by atoms with van der Waals surface area (Å²) in [5.74, 6) is 4.31. The molecule has 0 aliphatic carbocycles. The molecule has 0 N–H and O–H groups in total. The minimum atomic E-state index is -0.582. The Labute approximate surface area is 87.1 Å². The first kappa shape index (κ1) is 10.6. The molecule has 14 heavy (non-hydrogen) atoms. The molecule has 0 amide bonds. The van der Waals surface area contributed by atoms with Crippen LogP contribution in [0.25, 0.3) is 0 Å². The number of methoxy groups -OCH3 is 1. The van der Waals surface area contributed by atoms with Crippen molar-refractivity contribution < 1.29 is 9.53 Å². The van der Waals surface area contributed by atoms with Gasteiger partial charge >= 0.3 is 5.97 Å². The molecule has 1 rings (SSSR count). The summed E-state index contributed by atoms with van der Waals surface area (Å²) >= 11 is 5.70. The molecular formula is C10H8ClNO2. The Balaban J connectivity index is 2.96. The summed E-state index contributed by atoms with van der Waals surface area (Å²) < 4.78 is 4.37. The average Bonchev–Trinajstić information content (AvgIpc) is 2.16. The van der Waals surface area contributed by atoms with Crippen LogP contribution in [0.1, 0.15) is 11.3 Å². The van der Waals surface area contributed by atoms with Crippen molar-refractivity contribution in [1.82, 2.24) is 4.98 Å². The monoisotopic (exact) mass is 209 g/mol. The number of hydrogen-bond donors (Lipinski definition) is 0. The van der Waals surface area contributed by atoms with Gasteiger partial charge in [0, 0.05) is 12.1 Å². The van der Waals surface area contributed by atoms with Crippen LogP contribution < -0.4 is 0 Å². The summed E-state index contributed by atoms with van der Waals surface area (Å²) in [5, 5.41) is 0.547. The van der Waals surface area contributed by atoms with Crippen LogP contribution in [0.5, 0.6) is 0 Å². The molecule has 0 unspecified atom stereocenters. The standard InChI is InChI=1S/C10H8ClNO2/c1-7-5-8(11)6-12-9(7)3-4-10(13)14-2/h5-6H,1-2H3. The van der Waals surface area contributed by atoms with E-state index in [1.165, 1.54) is 13.3 Å². The van der Waals surface area contributed by atoms with Gasteiger partial charge in [-0.3, -0.25) is 0 Å². The van der Waals surface area contributed by atoms with Gasteiger partial charge in [-0.15, -0.1) is 0 Å². The van der Waals surface area contributed by atoms with Gasteiger partial charge in [0.25, 0.3) is 0 Å². The number of nitrogens with zero attached hydrogens (tertiary/aromatic N) is 1. The second-order valence-electron chi connectivity index (χ2n) is 2.56. The fourth-order valence-corrected chi connectivity index (χ4v) is 1.05. The van der Waals surface area contributed by atoms with Gasteiger partial charge in [0.15, 0.2) is 0 Å². The van der Waals surface area contributed by atoms with Crippen molar-refractivity contribution in [1.29, 1.82) is 0 Å². The first-order chi connectivity index (χ1) is 6.63. The van der Waals surface area contributed by atoms with Crippen molar-refractivity contribution in [3.63, 3.8) is 0 Å². The highest BCUT2D eigenvalue weighted by Crippen LogP contribution is 2.10. The first-order valence-corrected chi connectivity index (χ1v) is 4.23. The van der Waals surface area contributed by atoms with E-state index in [9.17, 15) is 4.79 Å². The van der Waals surface area contributed by atoms with Crippen LogP contribution >= 0.6 is 11.6 Å². The maximum atomic E-state index is 10.7. The SMILES string of the molecule is COC(=O)C#Cc1ncc(Cl)cc1C. The number of pyridine rings is 1. The normalized spacial score (nSPS) is 8.79. The third kappa shape index (κ3) is 2.75. The number of hydrogen-bond acceptors (Lipinski definition) is 3. The summed E-state index contributed by atoms with van der Waals surface area (Å²) in [6, 6.07) is 1.73. The molecule has 0 saturated carbocycles. The molecule has 0 spiro atoms. The smallest absolute Gasteiger partial charge is 0.384 e. The van der Waals surface area contributed by atoms with Crippen LogP contribution in [-0.4, -0.2) is 18.1 Å². The summed E-state index contributed by atoms with van der Waals surface area (Å²) in [6.45, 7) is 1.82. The minimum Gasteiger partial charge on any atom is -0.459 e. The van der Waals surface area contributed by atoms with E-state index in [0.717, 1.165) is 5.56 Å². The molecule has 0 aromatic carbocycles. The van der Waals surface area contributed by atoms with E-state index in [2.05, 4.69) is 21.6 Å². The van der Waals surface area contributed by atoms with Gasteiger partial charge in [-0.05, 0) is 24.5 Å².